The van der Waals surface area contributed by atoms with Gasteiger partial charge in [0, 0.05) is 5.54 Å². The highest BCUT2D eigenvalue weighted by molar-refractivity contribution is 5.22. The van der Waals surface area contributed by atoms with Gasteiger partial charge < -0.3 is 0 Å². The van der Waals surface area contributed by atoms with E-state index < -0.39 is 0 Å². The van der Waals surface area contributed by atoms with Gasteiger partial charge in [0.05, 0.1) is 12.1 Å². The van der Waals surface area contributed by atoms with Crippen LogP contribution in [0.4, 0.5) is 0 Å². The minimum atomic E-state index is 0.377. The van der Waals surface area contributed by atoms with Crippen LogP contribution in [0.3, 0.4) is 0 Å². The van der Waals surface area contributed by atoms with E-state index in [1.54, 1.807) is 0 Å². The molecular formula is C16H21NO. The summed E-state index contributed by atoms with van der Waals surface area (Å²) in [6.07, 6.45) is 9.80. The predicted octanol–water partition coefficient (Wildman–Crippen LogP) is 3.84. The molecule has 2 heterocycles. The third-order valence-corrected chi connectivity index (χ3v) is 5.08. The maximum absolute atomic E-state index is 6.17. The number of nitrogens with zero attached hydrogens (tertiary/aromatic N) is 1. The fourth-order valence-corrected chi connectivity index (χ4v) is 4.28. The molecule has 1 saturated carbocycles. The van der Waals surface area contributed by atoms with E-state index in [9.17, 15) is 0 Å². The van der Waals surface area contributed by atoms with Crippen molar-refractivity contribution in [2.75, 3.05) is 0 Å². The maximum atomic E-state index is 6.17. The van der Waals surface area contributed by atoms with Crippen molar-refractivity contribution in [1.29, 1.82) is 0 Å². The Morgan fingerprint density at radius 1 is 1.06 bits per heavy atom. The Morgan fingerprint density at radius 3 is 2.56 bits per heavy atom. The Kier molecular flexibility index (Phi) is 2.49. The van der Waals surface area contributed by atoms with Crippen LogP contribution in [0.2, 0.25) is 0 Å². The fraction of sp³-hybridized carbons (Fsp3) is 0.625. The van der Waals surface area contributed by atoms with Crippen LogP contribution < -0.4 is 0 Å². The second-order valence-corrected chi connectivity index (χ2v) is 6.20. The normalized spacial score (nSPS) is 37.2. The molecule has 2 heteroatoms. The minimum absolute atomic E-state index is 0.377. The lowest BCUT2D eigenvalue weighted by Gasteiger charge is -2.43. The first-order chi connectivity index (χ1) is 8.87. The number of hydroxylamine groups is 2. The van der Waals surface area contributed by atoms with E-state index in [0.29, 0.717) is 17.7 Å². The molecule has 1 unspecified atom stereocenters. The summed E-state index contributed by atoms with van der Waals surface area (Å²) in [4.78, 5) is 6.17. The Bertz CT molecular complexity index is 424. The minimum Gasteiger partial charge on any atom is -0.294 e. The molecule has 2 saturated heterocycles. The van der Waals surface area contributed by atoms with Crippen molar-refractivity contribution in [3.63, 3.8) is 0 Å². The number of hydrogen-bond donors (Lipinski definition) is 0. The first-order valence-electron chi connectivity index (χ1n) is 7.38. The molecule has 18 heavy (non-hydrogen) atoms. The van der Waals surface area contributed by atoms with Gasteiger partial charge in [0.15, 0.2) is 0 Å². The third-order valence-electron chi connectivity index (χ3n) is 5.08. The van der Waals surface area contributed by atoms with Crippen LogP contribution in [0.1, 0.15) is 56.6 Å². The summed E-state index contributed by atoms with van der Waals surface area (Å²) in [5, 5.41) is 2.40. The fourth-order valence-electron chi connectivity index (χ4n) is 4.28. The Labute approximate surface area is 109 Å². The molecule has 3 atom stereocenters. The smallest absolute Gasteiger partial charge is 0.0831 e. The SMILES string of the molecule is c1ccc([C@@H]2C[C@@H]3CC4(CCCCC4)N2O3)cc1. The summed E-state index contributed by atoms with van der Waals surface area (Å²) in [6.45, 7) is 0. The maximum Gasteiger partial charge on any atom is 0.0831 e. The van der Waals surface area contributed by atoms with Crippen molar-refractivity contribution in [2.45, 2.75) is 62.6 Å². The topological polar surface area (TPSA) is 12.5 Å². The molecule has 1 aromatic rings. The molecule has 0 aromatic heterocycles. The van der Waals surface area contributed by atoms with E-state index in [2.05, 4.69) is 35.4 Å². The summed E-state index contributed by atoms with van der Waals surface area (Å²) >= 11 is 0. The zero-order chi connectivity index (χ0) is 12.0. The van der Waals surface area contributed by atoms with Gasteiger partial charge in [-0.25, -0.2) is 0 Å². The third kappa shape index (κ3) is 1.55. The Morgan fingerprint density at radius 2 is 1.83 bits per heavy atom. The van der Waals surface area contributed by atoms with Gasteiger partial charge in [-0.2, -0.15) is 5.06 Å². The lowest BCUT2D eigenvalue weighted by molar-refractivity contribution is -0.175. The largest absolute Gasteiger partial charge is 0.294 e. The first kappa shape index (κ1) is 11.0. The van der Waals surface area contributed by atoms with Crippen molar-refractivity contribution < 1.29 is 4.84 Å². The number of benzene rings is 1. The molecule has 0 amide bonds. The zero-order valence-electron chi connectivity index (χ0n) is 10.8. The molecule has 2 nitrogen and oxygen atoms in total. The zero-order valence-corrected chi connectivity index (χ0v) is 10.8. The van der Waals surface area contributed by atoms with E-state index in [0.717, 1.165) is 0 Å². The van der Waals surface area contributed by atoms with E-state index >= 15 is 0 Å². The van der Waals surface area contributed by atoms with Gasteiger partial charge in [-0.3, -0.25) is 4.84 Å². The first-order valence-corrected chi connectivity index (χ1v) is 7.38. The van der Waals surface area contributed by atoms with E-state index in [-0.39, 0.29) is 0 Å². The molecule has 1 spiro atoms. The molecule has 3 aliphatic rings. The molecule has 4 rings (SSSR count). The van der Waals surface area contributed by atoms with Crippen LogP contribution in [0, 0.1) is 0 Å². The van der Waals surface area contributed by atoms with Crippen molar-refractivity contribution in [1.82, 2.24) is 5.06 Å². The van der Waals surface area contributed by atoms with Crippen LogP contribution >= 0.6 is 0 Å². The molecule has 1 aromatic carbocycles. The summed E-state index contributed by atoms with van der Waals surface area (Å²) < 4.78 is 0. The highest BCUT2D eigenvalue weighted by atomic mass is 16.7. The average Bonchev–Trinajstić information content (AvgIpc) is 2.98. The monoisotopic (exact) mass is 243 g/mol. The van der Waals surface area contributed by atoms with Crippen LogP contribution in [-0.2, 0) is 4.84 Å². The van der Waals surface area contributed by atoms with Gasteiger partial charge in [-0.05, 0) is 31.2 Å². The summed E-state index contributed by atoms with van der Waals surface area (Å²) in [5.74, 6) is 0. The van der Waals surface area contributed by atoms with Crippen LogP contribution in [0.15, 0.2) is 30.3 Å². The quantitative estimate of drug-likeness (QED) is 0.743. The van der Waals surface area contributed by atoms with Gasteiger partial charge in [0.2, 0.25) is 0 Å². The molecule has 1 aliphatic carbocycles. The molecule has 2 bridgehead atoms. The van der Waals surface area contributed by atoms with E-state index in [4.69, 9.17) is 4.84 Å². The predicted molar refractivity (Wildman–Crippen MR) is 70.9 cm³/mol. The number of fused-ring (bicyclic) bond motifs is 3. The van der Waals surface area contributed by atoms with Crippen molar-refractivity contribution >= 4 is 0 Å². The van der Waals surface area contributed by atoms with Crippen molar-refractivity contribution in [3.05, 3.63) is 35.9 Å². The van der Waals surface area contributed by atoms with Gasteiger partial charge in [0.1, 0.15) is 0 Å². The summed E-state index contributed by atoms with van der Waals surface area (Å²) in [7, 11) is 0. The number of piperidine rings is 1. The second kappa shape index (κ2) is 4.07. The highest BCUT2D eigenvalue weighted by Gasteiger charge is 2.55. The Hall–Kier alpha value is -0.860. The molecule has 2 aliphatic heterocycles. The standard InChI is InChI=1S/C16H21NO/c1-3-7-13(8-4-1)15-11-14-12-16(17(15)18-14)9-5-2-6-10-16/h1,3-4,7-8,14-15H,2,5-6,9-12H2/t14-,15+/m1/s1. The van der Waals surface area contributed by atoms with Crippen molar-refractivity contribution in [3.8, 4) is 0 Å². The molecule has 0 N–H and O–H groups in total. The van der Waals surface area contributed by atoms with E-state index in [1.807, 2.05) is 0 Å². The molecule has 3 fully saturated rings. The summed E-state index contributed by atoms with van der Waals surface area (Å²) in [5.41, 5.74) is 1.81. The van der Waals surface area contributed by atoms with Gasteiger partial charge in [-0.15, -0.1) is 0 Å². The van der Waals surface area contributed by atoms with Crippen molar-refractivity contribution in [2.24, 2.45) is 0 Å². The molecule has 96 valence electrons. The lowest BCUT2D eigenvalue weighted by atomic mass is 9.74. The average molecular weight is 243 g/mol. The highest BCUT2D eigenvalue weighted by Crippen LogP contribution is 2.54. The lowest BCUT2D eigenvalue weighted by Crippen LogP contribution is -2.47. The van der Waals surface area contributed by atoms with Gasteiger partial charge in [-0.1, -0.05) is 49.6 Å². The van der Waals surface area contributed by atoms with E-state index in [1.165, 1.54) is 50.5 Å². The molecule has 0 radical (unpaired) electrons. The summed E-state index contributed by atoms with van der Waals surface area (Å²) in [6, 6.07) is 11.4. The second-order valence-electron chi connectivity index (χ2n) is 6.20. The van der Waals surface area contributed by atoms with Crippen LogP contribution in [0.5, 0.6) is 0 Å². The number of rotatable bonds is 1. The molecular weight excluding hydrogens is 222 g/mol. The number of hydrogen-bond acceptors (Lipinski definition) is 2. The van der Waals surface area contributed by atoms with Gasteiger partial charge in [0.25, 0.3) is 0 Å². The van der Waals surface area contributed by atoms with Crippen LogP contribution in [-0.4, -0.2) is 16.7 Å². The Balaban J connectivity index is 1.64. The van der Waals surface area contributed by atoms with Gasteiger partial charge >= 0.3 is 0 Å². The van der Waals surface area contributed by atoms with Crippen LogP contribution in [0.25, 0.3) is 0 Å².